The predicted octanol–water partition coefficient (Wildman–Crippen LogP) is 16.9. The van der Waals surface area contributed by atoms with Gasteiger partial charge in [0.1, 0.15) is 11.2 Å². The molecule has 2 nitrogen and oxygen atoms in total. The molecule has 11 aromatic rings. The molecule has 9 aromatic carbocycles. The number of para-hydroxylation sites is 2. The number of thiophene rings is 1. The zero-order valence-electron chi connectivity index (χ0n) is 34.2. The molecule has 0 saturated carbocycles. The highest BCUT2D eigenvalue weighted by Gasteiger charge is 2.32. The van der Waals surface area contributed by atoms with Gasteiger partial charge >= 0.3 is 0 Å². The first-order valence-corrected chi connectivity index (χ1v) is 22.3. The van der Waals surface area contributed by atoms with E-state index in [0.717, 1.165) is 38.8 Å². The lowest BCUT2D eigenvalue weighted by molar-refractivity contribution is 0.626. The molecule has 1 aliphatic carbocycles. The number of allylic oxidation sites excluding steroid dienone is 2. The van der Waals surface area contributed by atoms with Crippen molar-refractivity contribution in [1.82, 2.24) is 0 Å². The molecular formula is C59H41NOS. The summed E-state index contributed by atoms with van der Waals surface area (Å²) in [6, 6.07) is 73.0. The zero-order valence-corrected chi connectivity index (χ0v) is 35.0. The van der Waals surface area contributed by atoms with Gasteiger partial charge < -0.3 is 9.32 Å². The lowest BCUT2D eigenvalue weighted by Crippen LogP contribution is -2.37. The number of anilines is 2. The highest BCUT2D eigenvalue weighted by molar-refractivity contribution is 7.25. The quantitative estimate of drug-likeness (QED) is 0.159. The van der Waals surface area contributed by atoms with Gasteiger partial charge in [0.05, 0.1) is 6.04 Å². The number of hydrogen-bond donors (Lipinski definition) is 0. The SMILES string of the molecule is CC1C(c2cccc3sc4ccccc4c23)=CC=CC1N(c1cccc(-c2ccc3oc4ccccc4c3c2)c1)c1ccccc1-c1cccc2cccc(-c3ccccc3)c12. The largest absolute Gasteiger partial charge is 0.456 e. The highest BCUT2D eigenvalue weighted by atomic mass is 32.1. The molecule has 2 aromatic heterocycles. The number of furan rings is 1. The van der Waals surface area contributed by atoms with Gasteiger partial charge in [0.15, 0.2) is 0 Å². The van der Waals surface area contributed by atoms with E-state index in [1.165, 1.54) is 70.0 Å². The molecule has 0 aliphatic heterocycles. The van der Waals surface area contributed by atoms with Crippen LogP contribution in [0.3, 0.4) is 0 Å². The van der Waals surface area contributed by atoms with Gasteiger partial charge in [0.25, 0.3) is 0 Å². The third-order valence-electron chi connectivity index (χ3n) is 12.9. The van der Waals surface area contributed by atoms with Crippen LogP contribution in [-0.4, -0.2) is 6.04 Å². The summed E-state index contributed by atoms with van der Waals surface area (Å²) in [4.78, 5) is 2.61. The molecule has 0 amide bonds. The van der Waals surface area contributed by atoms with Crippen molar-refractivity contribution >= 4 is 81.2 Å². The van der Waals surface area contributed by atoms with Crippen LogP contribution in [0.1, 0.15) is 12.5 Å². The van der Waals surface area contributed by atoms with Gasteiger partial charge in [0.2, 0.25) is 0 Å². The van der Waals surface area contributed by atoms with Crippen LogP contribution in [0.25, 0.3) is 91.8 Å². The number of benzene rings is 9. The van der Waals surface area contributed by atoms with Gasteiger partial charge in [-0.1, -0.05) is 177 Å². The van der Waals surface area contributed by atoms with E-state index in [0.29, 0.717) is 0 Å². The van der Waals surface area contributed by atoms with Crippen molar-refractivity contribution in [3.63, 3.8) is 0 Å². The van der Waals surface area contributed by atoms with Gasteiger partial charge in [-0.15, -0.1) is 11.3 Å². The summed E-state index contributed by atoms with van der Waals surface area (Å²) < 4.78 is 8.90. The number of fused-ring (bicyclic) bond motifs is 7. The lowest BCUT2D eigenvalue weighted by Gasteiger charge is -2.39. The van der Waals surface area contributed by atoms with Crippen LogP contribution in [0.2, 0.25) is 0 Å². The maximum Gasteiger partial charge on any atom is 0.135 e. The summed E-state index contributed by atoms with van der Waals surface area (Å²) in [5, 5.41) is 7.42. The smallest absolute Gasteiger partial charge is 0.135 e. The van der Waals surface area contributed by atoms with Crippen LogP contribution in [0.4, 0.5) is 11.4 Å². The summed E-state index contributed by atoms with van der Waals surface area (Å²) in [5.74, 6) is 0.141. The molecule has 2 heterocycles. The Labute approximate surface area is 364 Å². The Bertz CT molecular complexity index is 3560. The van der Waals surface area contributed by atoms with E-state index in [4.69, 9.17) is 4.42 Å². The van der Waals surface area contributed by atoms with Crippen molar-refractivity contribution < 1.29 is 4.42 Å². The summed E-state index contributed by atoms with van der Waals surface area (Å²) in [5.41, 5.74) is 13.9. The van der Waals surface area contributed by atoms with E-state index < -0.39 is 0 Å². The topological polar surface area (TPSA) is 16.4 Å². The fourth-order valence-corrected chi connectivity index (χ4v) is 11.1. The van der Waals surface area contributed by atoms with E-state index in [2.05, 4.69) is 218 Å². The van der Waals surface area contributed by atoms with E-state index in [1.54, 1.807) is 0 Å². The third-order valence-corrected chi connectivity index (χ3v) is 14.0. The summed E-state index contributed by atoms with van der Waals surface area (Å²) in [6.07, 6.45) is 7.05. The first kappa shape index (κ1) is 36.4. The Kier molecular flexibility index (Phi) is 8.76. The Hall–Kier alpha value is -7.46. The molecular weight excluding hydrogens is 771 g/mol. The molecule has 0 radical (unpaired) electrons. The van der Waals surface area contributed by atoms with Crippen LogP contribution in [0.15, 0.2) is 223 Å². The highest BCUT2D eigenvalue weighted by Crippen LogP contribution is 2.48. The van der Waals surface area contributed by atoms with Crippen molar-refractivity contribution in [2.45, 2.75) is 13.0 Å². The minimum atomic E-state index is -0.00424. The summed E-state index contributed by atoms with van der Waals surface area (Å²) >= 11 is 1.88. The Morgan fingerprint density at radius 2 is 1.13 bits per heavy atom. The minimum absolute atomic E-state index is 0.00424. The minimum Gasteiger partial charge on any atom is -0.456 e. The molecule has 294 valence electrons. The second-order valence-corrected chi connectivity index (χ2v) is 17.5. The van der Waals surface area contributed by atoms with Crippen LogP contribution >= 0.6 is 11.3 Å². The molecule has 0 saturated heterocycles. The number of nitrogens with zero attached hydrogens (tertiary/aromatic N) is 1. The first-order valence-electron chi connectivity index (χ1n) is 21.4. The van der Waals surface area contributed by atoms with Crippen LogP contribution in [0, 0.1) is 5.92 Å². The van der Waals surface area contributed by atoms with Crippen molar-refractivity contribution in [2.24, 2.45) is 5.92 Å². The fourth-order valence-electron chi connectivity index (χ4n) is 9.98. The normalized spacial score (nSPS) is 15.2. The van der Waals surface area contributed by atoms with E-state index in [9.17, 15) is 0 Å². The molecule has 12 rings (SSSR count). The predicted molar refractivity (Wildman–Crippen MR) is 266 cm³/mol. The van der Waals surface area contributed by atoms with Crippen molar-refractivity contribution in [1.29, 1.82) is 0 Å². The van der Waals surface area contributed by atoms with Gasteiger partial charge in [-0.05, 0) is 98.3 Å². The van der Waals surface area contributed by atoms with Gasteiger partial charge in [-0.25, -0.2) is 0 Å². The second kappa shape index (κ2) is 14.9. The second-order valence-electron chi connectivity index (χ2n) is 16.4. The maximum absolute atomic E-state index is 6.25. The van der Waals surface area contributed by atoms with Crippen molar-refractivity contribution in [3.8, 4) is 33.4 Å². The average molecular weight is 812 g/mol. The van der Waals surface area contributed by atoms with Crippen molar-refractivity contribution in [2.75, 3.05) is 4.90 Å². The van der Waals surface area contributed by atoms with Crippen LogP contribution in [-0.2, 0) is 0 Å². The zero-order chi connectivity index (χ0) is 41.1. The summed E-state index contributed by atoms with van der Waals surface area (Å²) in [6.45, 7) is 2.41. The number of hydrogen-bond acceptors (Lipinski definition) is 3. The fraction of sp³-hybridized carbons (Fsp3) is 0.0508. The molecule has 1 aliphatic rings. The molecule has 0 spiro atoms. The number of rotatable bonds is 7. The van der Waals surface area contributed by atoms with E-state index in [1.807, 2.05) is 23.5 Å². The standard InChI is InChI=1S/C59H41NOS/c1-38-44(48-28-15-33-57-59(48)50-24-7-10-32-56(50)62-57)25-14-30-52(38)60(43-21-11-20-41(36-43)42-34-35-55-51(37-42)47-23-6-9-31-54(47)61-55)53-29-8-5-22-46(53)49-27-13-19-40-18-12-26-45(58(40)49)39-16-3-2-4-17-39/h2-38,52H,1H3. The van der Waals surface area contributed by atoms with E-state index in [-0.39, 0.29) is 12.0 Å². The van der Waals surface area contributed by atoms with Crippen molar-refractivity contribution in [3.05, 3.63) is 224 Å². The average Bonchev–Trinajstić information content (AvgIpc) is 3.91. The molecule has 3 heteroatoms. The van der Waals surface area contributed by atoms with Gasteiger partial charge in [-0.2, -0.15) is 0 Å². The molecule has 0 bridgehead atoms. The Balaban J connectivity index is 1.06. The molecule has 0 fully saturated rings. The Morgan fingerprint density at radius 1 is 0.468 bits per heavy atom. The van der Waals surface area contributed by atoms with Crippen LogP contribution < -0.4 is 4.90 Å². The van der Waals surface area contributed by atoms with Gasteiger partial charge in [0, 0.05) is 53.8 Å². The molecule has 2 unspecified atom stereocenters. The molecule has 2 atom stereocenters. The van der Waals surface area contributed by atoms with E-state index >= 15 is 0 Å². The van der Waals surface area contributed by atoms with Gasteiger partial charge in [-0.3, -0.25) is 0 Å². The molecule has 62 heavy (non-hydrogen) atoms. The maximum atomic E-state index is 6.25. The monoisotopic (exact) mass is 811 g/mol. The lowest BCUT2D eigenvalue weighted by atomic mass is 9.81. The first-order chi connectivity index (χ1) is 30.7. The summed E-state index contributed by atoms with van der Waals surface area (Å²) in [7, 11) is 0. The molecule has 0 N–H and O–H groups in total. The Morgan fingerprint density at radius 3 is 2.03 bits per heavy atom. The third kappa shape index (κ3) is 6.00. The van der Waals surface area contributed by atoms with Crippen LogP contribution in [0.5, 0.6) is 0 Å².